The van der Waals surface area contributed by atoms with E-state index in [0.29, 0.717) is 0 Å². The first kappa shape index (κ1) is 18.1. The van der Waals surface area contributed by atoms with Gasteiger partial charge >= 0.3 is 5.69 Å². The van der Waals surface area contributed by atoms with E-state index < -0.39 is 17.2 Å². The molecule has 0 fully saturated rings. The minimum atomic E-state index is -0.514. The standard InChI is InChI=1S/C17H18N6O4/c1-21-15-14(16(25)22(2)17(21)26)23(10-18-15)9-13(24)20-19-8-11-4-6-12(27-3)7-5-11/h4-8,10H,9H2,1-3H3,(H,20,24). The molecule has 0 aliphatic carbocycles. The Bertz CT molecular complexity index is 1140. The van der Waals surface area contributed by atoms with E-state index >= 15 is 0 Å². The van der Waals surface area contributed by atoms with E-state index in [0.717, 1.165) is 15.9 Å². The zero-order valence-electron chi connectivity index (χ0n) is 15.0. The highest BCUT2D eigenvalue weighted by Crippen LogP contribution is 2.09. The van der Waals surface area contributed by atoms with Gasteiger partial charge in [-0.2, -0.15) is 5.10 Å². The molecular formula is C17H18N6O4. The summed E-state index contributed by atoms with van der Waals surface area (Å²) < 4.78 is 8.68. The fraction of sp³-hybridized carbons (Fsp3) is 0.235. The van der Waals surface area contributed by atoms with Gasteiger partial charge in [-0.1, -0.05) is 0 Å². The van der Waals surface area contributed by atoms with Gasteiger partial charge in [-0.3, -0.25) is 18.7 Å². The fourth-order valence-corrected chi connectivity index (χ4v) is 2.58. The third-order valence-electron chi connectivity index (χ3n) is 4.05. The van der Waals surface area contributed by atoms with Crippen LogP contribution in [0.3, 0.4) is 0 Å². The van der Waals surface area contributed by atoms with Crippen molar-refractivity contribution in [1.82, 2.24) is 24.1 Å². The first-order chi connectivity index (χ1) is 12.9. The largest absolute Gasteiger partial charge is 0.497 e. The second-order valence-electron chi connectivity index (χ2n) is 5.82. The first-order valence-corrected chi connectivity index (χ1v) is 7.99. The summed E-state index contributed by atoms with van der Waals surface area (Å²) in [5.41, 5.74) is 2.58. The van der Waals surface area contributed by atoms with Gasteiger partial charge in [0, 0.05) is 14.1 Å². The summed E-state index contributed by atoms with van der Waals surface area (Å²) in [7, 11) is 4.47. The van der Waals surface area contributed by atoms with Gasteiger partial charge in [-0.05, 0) is 29.8 Å². The van der Waals surface area contributed by atoms with Crippen LogP contribution in [0.5, 0.6) is 5.75 Å². The number of ether oxygens (including phenoxy) is 1. The topological polar surface area (TPSA) is 113 Å². The van der Waals surface area contributed by atoms with Crippen LogP contribution >= 0.6 is 0 Å². The summed E-state index contributed by atoms with van der Waals surface area (Å²) in [6.07, 6.45) is 2.84. The number of amides is 1. The summed E-state index contributed by atoms with van der Waals surface area (Å²) in [6, 6.07) is 7.14. The Morgan fingerprint density at radius 1 is 1.22 bits per heavy atom. The number of hydrogen-bond acceptors (Lipinski definition) is 6. The molecule has 0 aliphatic heterocycles. The Labute approximate surface area is 153 Å². The van der Waals surface area contributed by atoms with Gasteiger partial charge in [0.2, 0.25) is 0 Å². The molecule has 3 aromatic rings. The van der Waals surface area contributed by atoms with Crippen LogP contribution in [-0.4, -0.2) is 37.9 Å². The van der Waals surface area contributed by atoms with Crippen LogP contribution in [-0.2, 0) is 25.4 Å². The molecular weight excluding hydrogens is 352 g/mol. The lowest BCUT2D eigenvalue weighted by Gasteiger charge is -2.06. The van der Waals surface area contributed by atoms with E-state index in [4.69, 9.17) is 4.74 Å². The number of hydrazone groups is 1. The monoisotopic (exact) mass is 370 g/mol. The third-order valence-corrected chi connectivity index (χ3v) is 4.05. The smallest absolute Gasteiger partial charge is 0.332 e. The summed E-state index contributed by atoms with van der Waals surface area (Å²) in [6.45, 7) is -0.163. The van der Waals surface area contributed by atoms with E-state index in [9.17, 15) is 14.4 Å². The molecule has 0 aliphatic rings. The zero-order valence-corrected chi connectivity index (χ0v) is 15.0. The Kier molecular flexibility index (Phi) is 4.88. The maximum Gasteiger partial charge on any atom is 0.332 e. The zero-order chi connectivity index (χ0) is 19.6. The number of benzene rings is 1. The molecule has 0 atom stereocenters. The van der Waals surface area contributed by atoms with Crippen molar-refractivity contribution in [2.24, 2.45) is 19.2 Å². The maximum atomic E-state index is 12.3. The van der Waals surface area contributed by atoms with Crippen LogP contribution in [0.15, 0.2) is 45.3 Å². The highest BCUT2D eigenvalue weighted by molar-refractivity contribution is 5.83. The summed E-state index contributed by atoms with van der Waals surface area (Å²) in [5, 5.41) is 3.89. The van der Waals surface area contributed by atoms with Gasteiger partial charge < -0.3 is 9.30 Å². The van der Waals surface area contributed by atoms with Crippen molar-refractivity contribution in [1.29, 1.82) is 0 Å². The van der Waals surface area contributed by atoms with E-state index in [1.54, 1.807) is 31.4 Å². The van der Waals surface area contributed by atoms with Gasteiger partial charge in [-0.15, -0.1) is 0 Å². The molecule has 10 heteroatoms. The van der Waals surface area contributed by atoms with Crippen LogP contribution in [0.2, 0.25) is 0 Å². The number of rotatable bonds is 5. The molecule has 0 saturated heterocycles. The van der Waals surface area contributed by atoms with Gasteiger partial charge in [0.1, 0.15) is 12.3 Å². The van der Waals surface area contributed by atoms with Gasteiger partial charge in [0.15, 0.2) is 11.2 Å². The molecule has 140 valence electrons. The number of fused-ring (bicyclic) bond motifs is 1. The predicted molar refractivity (Wildman–Crippen MR) is 98.9 cm³/mol. The van der Waals surface area contributed by atoms with E-state index in [1.165, 1.54) is 35.8 Å². The number of nitrogens with one attached hydrogen (secondary N) is 1. The fourth-order valence-electron chi connectivity index (χ4n) is 2.58. The van der Waals surface area contributed by atoms with Crippen molar-refractivity contribution >= 4 is 23.3 Å². The van der Waals surface area contributed by atoms with Crippen LogP contribution in [0.4, 0.5) is 0 Å². The quantitative estimate of drug-likeness (QED) is 0.485. The molecule has 27 heavy (non-hydrogen) atoms. The SMILES string of the molecule is COc1ccc(C=NNC(=O)Cn2cnc3c2c(=O)n(C)c(=O)n3C)cc1. The number of carbonyl (C=O) groups is 1. The number of carbonyl (C=O) groups excluding carboxylic acids is 1. The predicted octanol–water partition coefficient (Wildman–Crippen LogP) is -0.407. The van der Waals surface area contributed by atoms with Crippen molar-refractivity contribution < 1.29 is 9.53 Å². The van der Waals surface area contributed by atoms with E-state index in [2.05, 4.69) is 15.5 Å². The molecule has 0 spiro atoms. The summed E-state index contributed by atoms with van der Waals surface area (Å²) >= 11 is 0. The number of imidazole rings is 1. The molecule has 1 aromatic carbocycles. The average molecular weight is 370 g/mol. The van der Waals surface area contributed by atoms with Crippen molar-refractivity contribution in [3.05, 3.63) is 57.0 Å². The highest BCUT2D eigenvalue weighted by atomic mass is 16.5. The first-order valence-electron chi connectivity index (χ1n) is 7.99. The number of aryl methyl sites for hydroxylation is 1. The molecule has 0 bridgehead atoms. The van der Waals surface area contributed by atoms with Crippen molar-refractivity contribution in [2.75, 3.05) is 7.11 Å². The van der Waals surface area contributed by atoms with Gasteiger partial charge in [-0.25, -0.2) is 15.2 Å². The lowest BCUT2D eigenvalue weighted by Crippen LogP contribution is -2.38. The average Bonchev–Trinajstić information content (AvgIpc) is 3.08. The molecule has 2 aromatic heterocycles. The second kappa shape index (κ2) is 7.28. The molecule has 0 saturated carbocycles. The highest BCUT2D eigenvalue weighted by Gasteiger charge is 2.15. The molecule has 1 N–H and O–H groups in total. The normalized spacial score (nSPS) is 11.2. The van der Waals surface area contributed by atoms with Crippen molar-refractivity contribution in [3.8, 4) is 5.75 Å². The third kappa shape index (κ3) is 3.50. The number of methoxy groups -OCH3 is 1. The summed E-state index contributed by atoms with van der Waals surface area (Å²) in [5.74, 6) is 0.286. The number of nitrogens with zero attached hydrogens (tertiary/aromatic N) is 5. The Hall–Kier alpha value is -3.69. The maximum absolute atomic E-state index is 12.3. The van der Waals surface area contributed by atoms with Crippen LogP contribution in [0.1, 0.15) is 5.56 Å². The Morgan fingerprint density at radius 2 is 1.93 bits per heavy atom. The van der Waals surface area contributed by atoms with Crippen molar-refractivity contribution in [2.45, 2.75) is 6.54 Å². The molecule has 0 radical (unpaired) electrons. The number of hydrogen-bond donors (Lipinski definition) is 1. The molecule has 0 unspecified atom stereocenters. The molecule has 3 rings (SSSR count). The number of aromatic nitrogens is 4. The second-order valence-corrected chi connectivity index (χ2v) is 5.82. The van der Waals surface area contributed by atoms with Crippen LogP contribution in [0.25, 0.3) is 11.2 Å². The molecule has 1 amide bonds. The van der Waals surface area contributed by atoms with Crippen LogP contribution in [0, 0.1) is 0 Å². The van der Waals surface area contributed by atoms with Gasteiger partial charge in [0.05, 0.1) is 19.7 Å². The molecule has 2 heterocycles. The Morgan fingerprint density at radius 3 is 2.59 bits per heavy atom. The molecule has 10 nitrogen and oxygen atoms in total. The van der Waals surface area contributed by atoms with E-state index in [1.807, 2.05) is 0 Å². The van der Waals surface area contributed by atoms with E-state index in [-0.39, 0.29) is 17.7 Å². The minimum Gasteiger partial charge on any atom is -0.497 e. The summed E-state index contributed by atoms with van der Waals surface area (Å²) in [4.78, 5) is 40.4. The lowest BCUT2D eigenvalue weighted by molar-refractivity contribution is -0.121. The lowest BCUT2D eigenvalue weighted by atomic mass is 10.2. The Balaban J connectivity index is 1.75. The van der Waals surface area contributed by atoms with Crippen molar-refractivity contribution in [3.63, 3.8) is 0 Å². The minimum absolute atomic E-state index is 0.163. The van der Waals surface area contributed by atoms with Gasteiger partial charge in [0.25, 0.3) is 11.5 Å². The van der Waals surface area contributed by atoms with Crippen LogP contribution < -0.4 is 21.4 Å².